The molecule has 0 atom stereocenters. The highest BCUT2D eigenvalue weighted by atomic mass is 19.1. The van der Waals surface area contributed by atoms with E-state index in [9.17, 15) is 14.5 Å². The van der Waals surface area contributed by atoms with Crippen LogP contribution in [0.4, 0.5) is 10.1 Å². The van der Waals surface area contributed by atoms with Gasteiger partial charge in [0.15, 0.2) is 0 Å². The van der Waals surface area contributed by atoms with Crippen molar-refractivity contribution < 1.29 is 9.31 Å². The Kier molecular flexibility index (Phi) is 2.07. The zero-order valence-corrected chi connectivity index (χ0v) is 7.90. The van der Waals surface area contributed by atoms with Crippen molar-refractivity contribution in [3.8, 4) is 0 Å². The fraction of sp³-hybridized carbons (Fsp3) is 0.100. The number of nitro groups is 1. The largest absolute Gasteiger partial charge is 0.288 e. The summed E-state index contributed by atoms with van der Waals surface area (Å²) in [5, 5.41) is 11.1. The molecule has 1 aromatic carbocycles. The third-order valence-electron chi connectivity index (χ3n) is 2.24. The number of nitrogens with zero attached hydrogens (tertiary/aromatic N) is 2. The number of hydrogen-bond donors (Lipinski definition) is 0. The van der Waals surface area contributed by atoms with Gasteiger partial charge in [-0.2, -0.15) is 0 Å². The second-order valence-electron chi connectivity index (χ2n) is 3.19. The van der Waals surface area contributed by atoms with Crippen LogP contribution < -0.4 is 0 Å². The van der Waals surface area contributed by atoms with E-state index in [1.165, 1.54) is 18.2 Å². The number of benzene rings is 1. The summed E-state index contributed by atoms with van der Waals surface area (Å²) in [6, 6.07) is 4.15. The predicted molar refractivity (Wildman–Crippen MR) is 53.1 cm³/mol. The second-order valence-corrected chi connectivity index (χ2v) is 3.19. The summed E-state index contributed by atoms with van der Waals surface area (Å²) < 4.78 is 13.1. The minimum Gasteiger partial charge on any atom is -0.258 e. The van der Waals surface area contributed by atoms with Gasteiger partial charge in [0, 0.05) is 17.0 Å². The lowest BCUT2D eigenvalue weighted by Gasteiger charge is -2.01. The molecule has 1 heterocycles. The lowest BCUT2D eigenvalue weighted by molar-refractivity contribution is -0.385. The van der Waals surface area contributed by atoms with Crippen LogP contribution in [0.3, 0.4) is 0 Å². The molecule has 0 saturated heterocycles. The van der Waals surface area contributed by atoms with Crippen molar-refractivity contribution in [1.29, 1.82) is 0 Å². The summed E-state index contributed by atoms with van der Waals surface area (Å²) in [4.78, 5) is 13.8. The minimum atomic E-state index is -0.523. The molecule has 0 amide bonds. The molecule has 76 valence electrons. The molecule has 0 saturated carbocycles. The number of rotatable bonds is 1. The van der Waals surface area contributed by atoms with Gasteiger partial charge < -0.3 is 0 Å². The van der Waals surface area contributed by atoms with Gasteiger partial charge in [0.05, 0.1) is 10.4 Å². The van der Waals surface area contributed by atoms with E-state index in [1.54, 1.807) is 6.92 Å². The Hall–Kier alpha value is -2.04. The van der Waals surface area contributed by atoms with E-state index in [0.29, 0.717) is 16.5 Å². The fourth-order valence-electron chi connectivity index (χ4n) is 1.41. The number of aromatic nitrogens is 1. The Balaban J connectivity index is 2.75. The zero-order chi connectivity index (χ0) is 11.0. The van der Waals surface area contributed by atoms with E-state index in [4.69, 9.17) is 0 Å². The fourth-order valence-corrected chi connectivity index (χ4v) is 1.41. The normalized spacial score (nSPS) is 10.5. The van der Waals surface area contributed by atoms with Gasteiger partial charge in [-0.1, -0.05) is 0 Å². The monoisotopic (exact) mass is 206 g/mol. The Morgan fingerprint density at radius 1 is 1.47 bits per heavy atom. The first-order chi connectivity index (χ1) is 7.09. The lowest BCUT2D eigenvalue weighted by atomic mass is 10.1. The molecule has 0 unspecified atom stereocenters. The molecular weight excluding hydrogens is 199 g/mol. The highest BCUT2D eigenvalue weighted by Crippen LogP contribution is 2.22. The van der Waals surface area contributed by atoms with Crippen LogP contribution in [0.25, 0.3) is 10.9 Å². The maximum absolute atomic E-state index is 13.1. The molecule has 0 bridgehead atoms. The third-order valence-corrected chi connectivity index (χ3v) is 2.24. The molecule has 2 aromatic rings. The quantitative estimate of drug-likeness (QED) is 0.532. The Labute approximate surface area is 84.5 Å². The van der Waals surface area contributed by atoms with Crippen molar-refractivity contribution in [2.24, 2.45) is 0 Å². The smallest absolute Gasteiger partial charge is 0.258 e. The van der Waals surface area contributed by atoms with E-state index in [0.717, 1.165) is 6.20 Å². The summed E-state index contributed by atoms with van der Waals surface area (Å²) in [6.07, 6.45) is 1.13. The van der Waals surface area contributed by atoms with Crippen molar-refractivity contribution in [3.05, 3.63) is 45.9 Å². The van der Waals surface area contributed by atoms with Crippen molar-refractivity contribution in [2.75, 3.05) is 0 Å². The van der Waals surface area contributed by atoms with Crippen LogP contribution in [0, 0.1) is 22.9 Å². The molecule has 0 aliphatic rings. The first kappa shape index (κ1) is 9.51. The second kappa shape index (κ2) is 3.27. The average molecular weight is 206 g/mol. The maximum atomic E-state index is 13.1. The molecule has 5 heteroatoms. The topological polar surface area (TPSA) is 56.0 Å². The van der Waals surface area contributed by atoms with E-state index < -0.39 is 4.92 Å². The predicted octanol–water partition coefficient (Wildman–Crippen LogP) is 2.59. The van der Waals surface area contributed by atoms with Crippen LogP contribution in [0.5, 0.6) is 0 Å². The van der Waals surface area contributed by atoms with E-state index in [2.05, 4.69) is 4.98 Å². The van der Waals surface area contributed by atoms with Gasteiger partial charge >= 0.3 is 0 Å². The number of aryl methyl sites for hydroxylation is 1. The van der Waals surface area contributed by atoms with Crippen LogP contribution in [-0.2, 0) is 0 Å². The molecule has 15 heavy (non-hydrogen) atoms. The summed E-state index contributed by atoms with van der Waals surface area (Å²) in [5.41, 5.74) is 0.775. The van der Waals surface area contributed by atoms with Gasteiger partial charge in [-0.05, 0) is 19.1 Å². The molecule has 1 aromatic heterocycles. The van der Waals surface area contributed by atoms with E-state index >= 15 is 0 Å². The summed E-state index contributed by atoms with van der Waals surface area (Å²) in [5.74, 6) is -0.358. The molecule has 4 nitrogen and oxygen atoms in total. The Morgan fingerprint density at radius 3 is 2.87 bits per heavy atom. The van der Waals surface area contributed by atoms with Crippen molar-refractivity contribution >= 4 is 16.6 Å². The molecule has 0 radical (unpaired) electrons. The van der Waals surface area contributed by atoms with Crippen molar-refractivity contribution in [2.45, 2.75) is 6.92 Å². The summed E-state index contributed by atoms with van der Waals surface area (Å²) in [6.45, 7) is 1.59. The maximum Gasteiger partial charge on any atom is 0.288 e. The molecule has 0 N–H and O–H groups in total. The number of hydrogen-bond acceptors (Lipinski definition) is 3. The highest BCUT2D eigenvalue weighted by Gasteiger charge is 2.10. The van der Waals surface area contributed by atoms with Gasteiger partial charge in [-0.25, -0.2) is 9.37 Å². The van der Waals surface area contributed by atoms with Crippen molar-refractivity contribution in [3.63, 3.8) is 0 Å². The molecule has 0 aliphatic carbocycles. The highest BCUT2D eigenvalue weighted by molar-refractivity contribution is 5.83. The van der Waals surface area contributed by atoms with Crippen LogP contribution in [0.2, 0.25) is 0 Å². The van der Waals surface area contributed by atoms with Crippen LogP contribution in [-0.4, -0.2) is 9.91 Å². The third kappa shape index (κ3) is 1.52. The van der Waals surface area contributed by atoms with Gasteiger partial charge in [0.25, 0.3) is 5.69 Å². The molecule has 2 rings (SSSR count). The molecule has 0 aliphatic heterocycles. The zero-order valence-electron chi connectivity index (χ0n) is 7.90. The van der Waals surface area contributed by atoms with Gasteiger partial charge in [0.2, 0.25) is 0 Å². The first-order valence-corrected chi connectivity index (χ1v) is 4.29. The Morgan fingerprint density at radius 2 is 2.20 bits per heavy atom. The summed E-state index contributed by atoms with van der Waals surface area (Å²) >= 11 is 0. The SMILES string of the molecule is Cc1c(F)ccc2cc([N+](=O)[O-])cnc12. The molecule has 0 fully saturated rings. The standard InChI is InChI=1S/C10H7FN2O2/c1-6-9(11)3-2-7-4-8(13(14)15)5-12-10(6)7/h2-5H,1H3. The van der Waals surface area contributed by atoms with Gasteiger partial charge in [-0.15, -0.1) is 0 Å². The van der Waals surface area contributed by atoms with Gasteiger partial charge in [0.1, 0.15) is 12.0 Å². The molecule has 0 spiro atoms. The van der Waals surface area contributed by atoms with Gasteiger partial charge in [-0.3, -0.25) is 10.1 Å². The average Bonchev–Trinajstić information content (AvgIpc) is 2.23. The van der Waals surface area contributed by atoms with Crippen molar-refractivity contribution in [1.82, 2.24) is 4.98 Å². The molecular formula is C10H7FN2O2. The number of pyridine rings is 1. The lowest BCUT2D eigenvalue weighted by Crippen LogP contribution is -1.92. The van der Waals surface area contributed by atoms with E-state index in [1.807, 2.05) is 0 Å². The number of fused-ring (bicyclic) bond motifs is 1. The van der Waals surface area contributed by atoms with Crippen LogP contribution in [0.1, 0.15) is 5.56 Å². The minimum absolute atomic E-state index is 0.0893. The summed E-state index contributed by atoms with van der Waals surface area (Å²) in [7, 11) is 0. The van der Waals surface area contributed by atoms with Crippen LogP contribution in [0.15, 0.2) is 24.4 Å². The number of halogens is 1. The first-order valence-electron chi connectivity index (χ1n) is 4.29. The van der Waals surface area contributed by atoms with E-state index in [-0.39, 0.29) is 11.5 Å². The van der Waals surface area contributed by atoms with Crippen LogP contribution >= 0.6 is 0 Å². The Bertz CT molecular complexity index is 554.